The molecule has 4 nitrogen and oxygen atoms in total. The van der Waals surface area contributed by atoms with Gasteiger partial charge in [0.2, 0.25) is 0 Å². The van der Waals surface area contributed by atoms with Gasteiger partial charge in [-0.3, -0.25) is 0 Å². The van der Waals surface area contributed by atoms with Crippen LogP contribution in [0.25, 0.3) is 0 Å². The number of carbonyl (C=O) groups is 1. The predicted octanol–water partition coefficient (Wildman–Crippen LogP) is 2.36. The van der Waals surface area contributed by atoms with Crippen LogP contribution in [0.1, 0.15) is 35.1 Å². The molecule has 0 aliphatic heterocycles. The number of aromatic carboxylic acids is 1. The lowest BCUT2D eigenvalue weighted by atomic mass is 10.3. The second-order valence-electron chi connectivity index (χ2n) is 3.88. The predicted molar refractivity (Wildman–Crippen MR) is 59.6 cm³/mol. The number of nitrogens with one attached hydrogen (secondary N) is 1. The van der Waals surface area contributed by atoms with Crippen molar-refractivity contribution < 1.29 is 9.90 Å². The number of rotatable bonds is 4. The van der Waals surface area contributed by atoms with Gasteiger partial charge in [0.1, 0.15) is 0 Å². The van der Waals surface area contributed by atoms with E-state index in [-0.39, 0.29) is 5.69 Å². The molecule has 0 amide bonds. The summed E-state index contributed by atoms with van der Waals surface area (Å²) in [5.41, 5.74) is 0.177. The van der Waals surface area contributed by atoms with Gasteiger partial charge in [-0.15, -0.1) is 11.3 Å². The van der Waals surface area contributed by atoms with Gasteiger partial charge in [-0.2, -0.15) is 0 Å². The molecule has 2 N–H and O–H groups in total. The molecule has 1 aromatic rings. The Morgan fingerprint density at radius 1 is 1.73 bits per heavy atom. The molecule has 0 aromatic carbocycles. The van der Waals surface area contributed by atoms with Crippen molar-refractivity contribution in [2.24, 2.45) is 5.92 Å². The van der Waals surface area contributed by atoms with Gasteiger partial charge in [-0.05, 0) is 19.3 Å². The summed E-state index contributed by atoms with van der Waals surface area (Å²) in [4.78, 5) is 15.6. The van der Waals surface area contributed by atoms with Crippen molar-refractivity contribution in [3.63, 3.8) is 0 Å². The topological polar surface area (TPSA) is 62.2 Å². The number of thiazole rings is 1. The number of carboxylic acids is 1. The Labute approximate surface area is 92.3 Å². The highest BCUT2D eigenvalue weighted by Gasteiger charge is 2.35. The second-order valence-corrected chi connectivity index (χ2v) is 5.09. The van der Waals surface area contributed by atoms with Crippen LogP contribution in [-0.2, 0) is 0 Å². The van der Waals surface area contributed by atoms with E-state index < -0.39 is 5.97 Å². The normalized spacial score (nSPS) is 23.9. The molecule has 0 radical (unpaired) electrons. The first-order chi connectivity index (χ1) is 7.11. The minimum absolute atomic E-state index is 0.177. The molecule has 82 valence electrons. The summed E-state index contributed by atoms with van der Waals surface area (Å²) in [5.74, 6) is -0.206. The zero-order valence-corrected chi connectivity index (χ0v) is 9.60. The Bertz CT molecular complexity index is 389. The molecule has 0 bridgehead atoms. The average molecular weight is 226 g/mol. The zero-order valence-electron chi connectivity index (χ0n) is 8.78. The maximum Gasteiger partial charge on any atom is 0.355 e. The van der Waals surface area contributed by atoms with Crippen LogP contribution in [0, 0.1) is 12.8 Å². The van der Waals surface area contributed by atoms with Crippen LogP contribution < -0.4 is 5.32 Å². The van der Waals surface area contributed by atoms with E-state index in [2.05, 4.69) is 17.2 Å². The summed E-state index contributed by atoms with van der Waals surface area (Å²) < 4.78 is 0. The van der Waals surface area contributed by atoms with Gasteiger partial charge in [-0.25, -0.2) is 9.78 Å². The van der Waals surface area contributed by atoms with E-state index in [1.165, 1.54) is 24.2 Å². The molecule has 15 heavy (non-hydrogen) atoms. The van der Waals surface area contributed by atoms with Gasteiger partial charge in [0.05, 0.1) is 0 Å². The van der Waals surface area contributed by atoms with Crippen molar-refractivity contribution in [3.8, 4) is 0 Å². The molecule has 1 aliphatic rings. The summed E-state index contributed by atoms with van der Waals surface area (Å²) in [6.45, 7) is 3.96. The SMILES string of the molecule is CCC1CC1Nc1nc(C(=O)O)c(C)s1. The number of anilines is 1. The van der Waals surface area contributed by atoms with E-state index in [0.29, 0.717) is 6.04 Å². The van der Waals surface area contributed by atoms with Gasteiger partial charge in [0.15, 0.2) is 10.8 Å². The largest absolute Gasteiger partial charge is 0.476 e. The maximum absolute atomic E-state index is 10.8. The van der Waals surface area contributed by atoms with Crippen LogP contribution in [-0.4, -0.2) is 22.1 Å². The number of hydrogen-bond acceptors (Lipinski definition) is 4. The third-order valence-electron chi connectivity index (χ3n) is 2.76. The summed E-state index contributed by atoms with van der Waals surface area (Å²) >= 11 is 1.42. The molecule has 0 spiro atoms. The summed E-state index contributed by atoms with van der Waals surface area (Å²) in [5, 5.41) is 12.9. The maximum atomic E-state index is 10.8. The molecule has 2 rings (SSSR count). The standard InChI is InChI=1S/C10H14N2O2S/c1-3-6-4-7(6)11-10-12-8(9(13)14)5(2)15-10/h6-7H,3-4H2,1-2H3,(H,11,12)(H,13,14). The van der Waals surface area contributed by atoms with Gasteiger partial charge >= 0.3 is 5.97 Å². The molecule has 1 heterocycles. The van der Waals surface area contributed by atoms with Crippen LogP contribution in [0.2, 0.25) is 0 Å². The van der Waals surface area contributed by atoms with Crippen LogP contribution >= 0.6 is 11.3 Å². The highest BCUT2D eigenvalue weighted by molar-refractivity contribution is 7.15. The third-order valence-corrected chi connectivity index (χ3v) is 3.66. The van der Waals surface area contributed by atoms with E-state index >= 15 is 0 Å². The molecule has 1 saturated carbocycles. The van der Waals surface area contributed by atoms with Crippen LogP contribution in [0.3, 0.4) is 0 Å². The number of nitrogens with zero attached hydrogens (tertiary/aromatic N) is 1. The fourth-order valence-electron chi connectivity index (χ4n) is 1.69. The minimum atomic E-state index is -0.945. The number of aromatic nitrogens is 1. The summed E-state index contributed by atoms with van der Waals surface area (Å²) in [6, 6.07) is 0.502. The lowest BCUT2D eigenvalue weighted by Crippen LogP contribution is -2.05. The lowest BCUT2D eigenvalue weighted by molar-refractivity contribution is 0.0690. The van der Waals surface area contributed by atoms with E-state index in [1.54, 1.807) is 6.92 Å². The second kappa shape index (κ2) is 3.81. The first-order valence-electron chi connectivity index (χ1n) is 5.09. The highest BCUT2D eigenvalue weighted by Crippen LogP contribution is 2.37. The molecule has 2 atom stereocenters. The van der Waals surface area contributed by atoms with E-state index in [4.69, 9.17) is 5.11 Å². The zero-order chi connectivity index (χ0) is 11.0. The first-order valence-corrected chi connectivity index (χ1v) is 5.90. The monoisotopic (exact) mass is 226 g/mol. The smallest absolute Gasteiger partial charge is 0.355 e. The van der Waals surface area contributed by atoms with E-state index in [0.717, 1.165) is 15.9 Å². The molecule has 1 aromatic heterocycles. The van der Waals surface area contributed by atoms with Crippen molar-refractivity contribution in [1.82, 2.24) is 4.98 Å². The van der Waals surface area contributed by atoms with Gasteiger partial charge in [0, 0.05) is 10.9 Å². The summed E-state index contributed by atoms with van der Waals surface area (Å²) in [6.07, 6.45) is 2.35. The highest BCUT2D eigenvalue weighted by atomic mass is 32.1. The van der Waals surface area contributed by atoms with Crippen molar-refractivity contribution in [2.45, 2.75) is 32.7 Å². The minimum Gasteiger partial charge on any atom is -0.476 e. The Kier molecular flexibility index (Phi) is 2.65. The van der Waals surface area contributed by atoms with Gasteiger partial charge < -0.3 is 10.4 Å². The van der Waals surface area contributed by atoms with Crippen LogP contribution in [0.5, 0.6) is 0 Å². The molecule has 1 aliphatic carbocycles. The van der Waals surface area contributed by atoms with E-state index in [9.17, 15) is 4.79 Å². The Hall–Kier alpha value is -1.10. The van der Waals surface area contributed by atoms with Gasteiger partial charge in [-0.1, -0.05) is 13.3 Å². The lowest BCUT2D eigenvalue weighted by Gasteiger charge is -1.98. The van der Waals surface area contributed by atoms with Crippen molar-refractivity contribution in [1.29, 1.82) is 0 Å². The molecular weight excluding hydrogens is 212 g/mol. The molecule has 0 saturated heterocycles. The first kappa shape index (κ1) is 10.4. The van der Waals surface area contributed by atoms with Gasteiger partial charge in [0.25, 0.3) is 0 Å². The average Bonchev–Trinajstić information content (AvgIpc) is 2.81. The third kappa shape index (κ3) is 2.12. The molecular formula is C10H14N2O2S. The Morgan fingerprint density at radius 2 is 2.47 bits per heavy atom. The molecule has 1 fully saturated rings. The van der Waals surface area contributed by atoms with Crippen molar-refractivity contribution in [2.75, 3.05) is 5.32 Å². The van der Waals surface area contributed by atoms with Crippen molar-refractivity contribution >= 4 is 22.4 Å². The van der Waals surface area contributed by atoms with Crippen LogP contribution in [0.15, 0.2) is 0 Å². The summed E-state index contributed by atoms with van der Waals surface area (Å²) in [7, 11) is 0. The number of aryl methyl sites for hydroxylation is 1. The number of carboxylic acid groups (broad SMARTS) is 1. The number of hydrogen-bond donors (Lipinski definition) is 2. The van der Waals surface area contributed by atoms with Crippen LogP contribution in [0.4, 0.5) is 5.13 Å². The fraction of sp³-hybridized carbons (Fsp3) is 0.600. The van der Waals surface area contributed by atoms with Crippen molar-refractivity contribution in [3.05, 3.63) is 10.6 Å². The molecule has 2 unspecified atom stereocenters. The van der Waals surface area contributed by atoms with E-state index in [1.807, 2.05) is 0 Å². The quantitative estimate of drug-likeness (QED) is 0.827. The Balaban J connectivity index is 2.04. The molecule has 5 heteroatoms. The fourth-order valence-corrected chi connectivity index (χ4v) is 2.56. The Morgan fingerprint density at radius 3 is 2.93 bits per heavy atom.